The molecule has 0 saturated carbocycles. The maximum Gasteiger partial charge on any atom is 0.425 e. The van der Waals surface area contributed by atoms with Gasteiger partial charge in [0, 0.05) is 17.7 Å². The summed E-state index contributed by atoms with van der Waals surface area (Å²) in [7, 11) is 0. The molecule has 0 unspecified atom stereocenters. The molecule has 0 spiro atoms. The van der Waals surface area contributed by atoms with Crippen LogP contribution >= 0.6 is 0 Å². The van der Waals surface area contributed by atoms with Gasteiger partial charge in [0.1, 0.15) is 0 Å². The van der Waals surface area contributed by atoms with Crippen molar-refractivity contribution >= 4 is 28.6 Å². The number of fused-ring (bicyclic) bond motifs is 1. The quantitative estimate of drug-likeness (QED) is 0.360. The number of rotatable bonds is 3. The summed E-state index contributed by atoms with van der Waals surface area (Å²) >= 11 is 0. The van der Waals surface area contributed by atoms with Crippen LogP contribution in [-0.2, 0) is 0 Å². The van der Waals surface area contributed by atoms with Gasteiger partial charge in [-0.05, 0) is 29.0 Å². The number of para-hydroxylation sites is 1. The summed E-state index contributed by atoms with van der Waals surface area (Å²) in [6.45, 7) is 0. The molecule has 4 aromatic carbocycles. The van der Waals surface area contributed by atoms with Crippen LogP contribution in [-0.4, -0.2) is 16.7 Å². The highest BCUT2D eigenvalue weighted by atomic mass is 16.2. The van der Waals surface area contributed by atoms with Crippen molar-refractivity contribution in [3.8, 4) is 0 Å². The molecular weight excluding hydrogens is 318 g/mol. The Hall–Kier alpha value is -3.52. The number of benzene rings is 4. The predicted molar refractivity (Wildman–Crippen MR) is 106 cm³/mol. The van der Waals surface area contributed by atoms with E-state index in [1.54, 1.807) is 4.58 Å². The smallest absolute Gasteiger partial charge is 0.214 e. The van der Waals surface area contributed by atoms with Gasteiger partial charge in [0.15, 0.2) is 6.21 Å². The molecular formula is C24H18NO+. The molecule has 0 bridgehead atoms. The molecule has 1 amide bonds. The second-order valence-electron chi connectivity index (χ2n) is 6.08. The molecule has 0 heterocycles. The SMILES string of the molecule is O=C(c1cccc2ccccc12)[N+](=Cc1ccccc1)c1ccccc1. The van der Waals surface area contributed by atoms with E-state index in [0.717, 1.165) is 22.0 Å². The van der Waals surface area contributed by atoms with Gasteiger partial charge in [-0.25, -0.2) is 4.79 Å². The lowest BCUT2D eigenvalue weighted by Crippen LogP contribution is -2.18. The van der Waals surface area contributed by atoms with E-state index in [4.69, 9.17) is 0 Å². The molecule has 4 rings (SSSR count). The molecule has 0 aliphatic rings. The molecule has 0 aliphatic heterocycles. The fourth-order valence-electron chi connectivity index (χ4n) is 3.07. The first-order valence-corrected chi connectivity index (χ1v) is 8.59. The topological polar surface area (TPSA) is 20.1 Å². The van der Waals surface area contributed by atoms with Crippen molar-refractivity contribution in [2.24, 2.45) is 0 Å². The molecule has 2 nitrogen and oxygen atoms in total. The minimum Gasteiger partial charge on any atom is -0.214 e. The lowest BCUT2D eigenvalue weighted by atomic mass is 10.0. The Bertz CT molecular complexity index is 1080. The first-order valence-electron chi connectivity index (χ1n) is 8.59. The van der Waals surface area contributed by atoms with Crippen LogP contribution in [0.5, 0.6) is 0 Å². The van der Waals surface area contributed by atoms with E-state index in [1.165, 1.54) is 0 Å². The first-order chi connectivity index (χ1) is 12.8. The summed E-state index contributed by atoms with van der Waals surface area (Å²) in [5.41, 5.74) is 2.51. The van der Waals surface area contributed by atoms with E-state index in [-0.39, 0.29) is 5.91 Å². The normalized spacial score (nSPS) is 11.5. The van der Waals surface area contributed by atoms with E-state index in [1.807, 2.05) is 109 Å². The van der Waals surface area contributed by atoms with Crippen LogP contribution in [0.3, 0.4) is 0 Å². The Kier molecular flexibility index (Phi) is 4.40. The van der Waals surface area contributed by atoms with E-state index in [2.05, 4.69) is 0 Å². The van der Waals surface area contributed by atoms with Crippen LogP contribution in [0.1, 0.15) is 15.9 Å². The minimum atomic E-state index is -0.0446. The van der Waals surface area contributed by atoms with Crippen molar-refractivity contribution in [2.75, 3.05) is 0 Å². The number of hydrogen-bond donors (Lipinski definition) is 0. The zero-order chi connectivity index (χ0) is 17.8. The fourth-order valence-corrected chi connectivity index (χ4v) is 3.07. The van der Waals surface area contributed by atoms with Gasteiger partial charge in [-0.15, -0.1) is 4.58 Å². The van der Waals surface area contributed by atoms with Crippen molar-refractivity contribution in [3.05, 3.63) is 114 Å². The zero-order valence-corrected chi connectivity index (χ0v) is 14.2. The van der Waals surface area contributed by atoms with Gasteiger partial charge in [-0.1, -0.05) is 72.8 Å². The highest BCUT2D eigenvalue weighted by Crippen LogP contribution is 2.22. The van der Waals surface area contributed by atoms with Crippen LogP contribution in [0.25, 0.3) is 10.8 Å². The maximum atomic E-state index is 13.5. The highest BCUT2D eigenvalue weighted by Gasteiger charge is 2.24. The van der Waals surface area contributed by atoms with Crippen molar-refractivity contribution < 1.29 is 9.37 Å². The predicted octanol–water partition coefficient (Wildman–Crippen LogP) is 5.44. The average Bonchev–Trinajstić information content (AvgIpc) is 2.72. The third-order valence-corrected chi connectivity index (χ3v) is 4.35. The second kappa shape index (κ2) is 7.16. The lowest BCUT2D eigenvalue weighted by molar-refractivity contribution is -0.328. The molecule has 0 radical (unpaired) electrons. The van der Waals surface area contributed by atoms with Crippen LogP contribution in [0.4, 0.5) is 5.69 Å². The van der Waals surface area contributed by atoms with Gasteiger partial charge >= 0.3 is 5.91 Å². The summed E-state index contributed by atoms with van der Waals surface area (Å²) in [6.07, 6.45) is 1.89. The molecule has 124 valence electrons. The monoisotopic (exact) mass is 336 g/mol. The molecule has 0 fully saturated rings. The molecule has 0 aromatic heterocycles. The van der Waals surface area contributed by atoms with E-state index in [0.29, 0.717) is 5.56 Å². The van der Waals surface area contributed by atoms with Gasteiger partial charge in [0.2, 0.25) is 5.69 Å². The summed E-state index contributed by atoms with van der Waals surface area (Å²) in [4.78, 5) is 13.5. The van der Waals surface area contributed by atoms with Crippen LogP contribution in [0, 0.1) is 0 Å². The molecule has 0 aliphatic carbocycles. The standard InChI is InChI=1S/C24H18NO/c26-24(23-17-9-13-20-12-7-8-16-22(20)23)25(21-14-5-2-6-15-21)18-19-10-3-1-4-11-19/h1-18H/q+1. The number of carbonyl (C=O) groups is 1. The summed E-state index contributed by atoms with van der Waals surface area (Å²) in [5.74, 6) is -0.0446. The molecule has 2 heteroatoms. The summed E-state index contributed by atoms with van der Waals surface area (Å²) in [6, 6.07) is 33.4. The van der Waals surface area contributed by atoms with E-state index in [9.17, 15) is 4.79 Å². The fraction of sp³-hybridized carbons (Fsp3) is 0. The Morgan fingerprint density at radius 3 is 2.04 bits per heavy atom. The third kappa shape index (κ3) is 3.17. The Balaban J connectivity index is 1.89. The summed E-state index contributed by atoms with van der Waals surface area (Å²) < 4.78 is 1.72. The van der Waals surface area contributed by atoms with E-state index < -0.39 is 0 Å². The van der Waals surface area contributed by atoms with E-state index >= 15 is 0 Å². The number of carbonyl (C=O) groups excluding carboxylic acids is 1. The Morgan fingerprint density at radius 1 is 0.654 bits per heavy atom. The van der Waals surface area contributed by atoms with Gasteiger partial charge in [-0.3, -0.25) is 0 Å². The number of nitrogens with zero attached hydrogens (tertiary/aromatic N) is 1. The van der Waals surface area contributed by atoms with Gasteiger partial charge in [0.25, 0.3) is 0 Å². The summed E-state index contributed by atoms with van der Waals surface area (Å²) in [5, 5.41) is 2.02. The number of amides is 1. The first kappa shape index (κ1) is 16.0. The molecule has 26 heavy (non-hydrogen) atoms. The number of hydrogen-bond acceptors (Lipinski definition) is 1. The zero-order valence-electron chi connectivity index (χ0n) is 14.2. The minimum absolute atomic E-state index is 0.0446. The Labute approximate surface area is 152 Å². The van der Waals surface area contributed by atoms with Gasteiger partial charge < -0.3 is 0 Å². The maximum absolute atomic E-state index is 13.5. The largest absolute Gasteiger partial charge is 0.425 e. The Morgan fingerprint density at radius 2 is 1.27 bits per heavy atom. The van der Waals surface area contributed by atoms with Crippen LogP contribution in [0.15, 0.2) is 103 Å². The van der Waals surface area contributed by atoms with Crippen molar-refractivity contribution in [1.82, 2.24) is 0 Å². The molecule has 0 N–H and O–H groups in total. The van der Waals surface area contributed by atoms with Gasteiger partial charge in [0.05, 0.1) is 5.56 Å². The van der Waals surface area contributed by atoms with Crippen molar-refractivity contribution in [2.45, 2.75) is 0 Å². The van der Waals surface area contributed by atoms with Crippen molar-refractivity contribution in [1.29, 1.82) is 0 Å². The molecule has 0 atom stereocenters. The second-order valence-corrected chi connectivity index (χ2v) is 6.08. The van der Waals surface area contributed by atoms with Crippen molar-refractivity contribution in [3.63, 3.8) is 0 Å². The molecule has 0 saturated heterocycles. The average molecular weight is 336 g/mol. The lowest BCUT2D eigenvalue weighted by Gasteiger charge is -2.05. The molecule has 4 aromatic rings. The highest BCUT2D eigenvalue weighted by molar-refractivity contribution is 6.05. The van der Waals surface area contributed by atoms with Crippen LogP contribution in [0.2, 0.25) is 0 Å². The van der Waals surface area contributed by atoms with Gasteiger partial charge in [-0.2, -0.15) is 0 Å². The van der Waals surface area contributed by atoms with Crippen LogP contribution < -0.4 is 0 Å². The third-order valence-electron chi connectivity index (χ3n) is 4.35.